The van der Waals surface area contributed by atoms with Gasteiger partial charge in [0.2, 0.25) is 5.91 Å². The Balaban J connectivity index is 1.39. The summed E-state index contributed by atoms with van der Waals surface area (Å²) in [6.07, 6.45) is 4.34. The highest BCUT2D eigenvalue weighted by Crippen LogP contribution is 2.10. The zero-order valence-electron chi connectivity index (χ0n) is 16.4. The zero-order valence-corrected chi connectivity index (χ0v) is 16.4. The first kappa shape index (κ1) is 20.2. The smallest absolute Gasteiger partial charge is 0.236 e. The number of carbonyl (C=O) groups excluding carboxylic acids is 1. The van der Waals surface area contributed by atoms with Crippen molar-refractivity contribution < 1.29 is 9.18 Å². The average Bonchev–Trinajstić information content (AvgIpc) is 2.72. The van der Waals surface area contributed by atoms with E-state index in [0.29, 0.717) is 18.7 Å². The Morgan fingerprint density at radius 2 is 1.64 bits per heavy atom. The molecule has 148 valence electrons. The van der Waals surface area contributed by atoms with E-state index >= 15 is 0 Å². The molecule has 2 aromatic rings. The molecule has 1 aliphatic heterocycles. The predicted octanol–water partition coefficient (Wildman–Crippen LogP) is 3.12. The van der Waals surface area contributed by atoms with Crippen molar-refractivity contribution in [2.45, 2.75) is 6.54 Å². The summed E-state index contributed by atoms with van der Waals surface area (Å²) in [5.74, 6) is -0.236. The molecule has 1 aliphatic rings. The topological polar surface area (TPSA) is 26.8 Å². The number of hydrogen-bond acceptors (Lipinski definition) is 3. The molecular weight excluding hydrogens is 353 g/mol. The highest BCUT2D eigenvalue weighted by molar-refractivity contribution is 5.78. The SMILES string of the molecule is CN(Cc1ccccc1F)C(=O)CN1CCN(C/C=C/c2ccccc2)CC1. The number of amides is 1. The summed E-state index contributed by atoms with van der Waals surface area (Å²) in [5.41, 5.74) is 1.76. The van der Waals surface area contributed by atoms with Gasteiger partial charge in [-0.05, 0) is 11.6 Å². The fraction of sp³-hybridized carbons (Fsp3) is 0.348. The van der Waals surface area contributed by atoms with Gasteiger partial charge in [-0.2, -0.15) is 0 Å². The standard InChI is InChI=1S/C23H28FN3O/c1-25(18-21-11-5-6-12-22(21)24)23(28)19-27-16-14-26(15-17-27)13-7-10-20-8-3-2-4-9-20/h2-12H,13-19H2,1H3/b10-7+. The van der Waals surface area contributed by atoms with Crippen LogP contribution in [-0.4, -0.2) is 66.9 Å². The van der Waals surface area contributed by atoms with Crippen molar-refractivity contribution >= 4 is 12.0 Å². The van der Waals surface area contributed by atoms with Gasteiger partial charge < -0.3 is 4.90 Å². The highest BCUT2D eigenvalue weighted by atomic mass is 19.1. The molecule has 0 atom stereocenters. The first-order chi connectivity index (χ1) is 13.6. The fourth-order valence-electron chi connectivity index (χ4n) is 3.31. The lowest BCUT2D eigenvalue weighted by Gasteiger charge is -2.34. The molecule has 1 amide bonds. The maximum absolute atomic E-state index is 13.8. The van der Waals surface area contributed by atoms with Gasteiger partial charge in [0, 0.05) is 51.9 Å². The molecule has 0 radical (unpaired) electrons. The minimum absolute atomic E-state index is 0.0284. The summed E-state index contributed by atoms with van der Waals surface area (Å²) in [6.45, 7) is 5.25. The first-order valence-electron chi connectivity index (χ1n) is 9.75. The van der Waals surface area contributed by atoms with E-state index in [2.05, 4.69) is 34.1 Å². The Kier molecular flexibility index (Phi) is 7.34. The van der Waals surface area contributed by atoms with Gasteiger partial charge in [-0.15, -0.1) is 0 Å². The van der Waals surface area contributed by atoms with Crippen LogP contribution >= 0.6 is 0 Å². The number of benzene rings is 2. The van der Waals surface area contributed by atoms with E-state index in [1.54, 1.807) is 30.1 Å². The Hall–Kier alpha value is -2.50. The quantitative estimate of drug-likeness (QED) is 0.737. The second kappa shape index (κ2) is 10.2. The lowest BCUT2D eigenvalue weighted by molar-refractivity contribution is -0.132. The number of likely N-dealkylation sites (N-methyl/N-ethyl adjacent to an activating group) is 1. The number of halogens is 1. The van der Waals surface area contributed by atoms with Crippen LogP contribution < -0.4 is 0 Å². The van der Waals surface area contributed by atoms with Crippen LogP contribution in [0, 0.1) is 5.82 Å². The summed E-state index contributed by atoms with van der Waals surface area (Å²) < 4.78 is 13.8. The molecule has 1 heterocycles. The second-order valence-electron chi connectivity index (χ2n) is 7.23. The monoisotopic (exact) mass is 381 g/mol. The van der Waals surface area contributed by atoms with Gasteiger partial charge in [-0.1, -0.05) is 60.7 Å². The van der Waals surface area contributed by atoms with E-state index < -0.39 is 0 Å². The second-order valence-corrected chi connectivity index (χ2v) is 7.23. The Labute approximate surface area is 166 Å². The number of hydrogen-bond donors (Lipinski definition) is 0. The first-order valence-corrected chi connectivity index (χ1v) is 9.75. The van der Waals surface area contributed by atoms with Crippen LogP contribution in [-0.2, 0) is 11.3 Å². The lowest BCUT2D eigenvalue weighted by atomic mass is 10.2. The van der Waals surface area contributed by atoms with E-state index in [0.717, 1.165) is 32.7 Å². The highest BCUT2D eigenvalue weighted by Gasteiger charge is 2.20. The molecule has 5 heteroatoms. The Morgan fingerprint density at radius 1 is 1.00 bits per heavy atom. The van der Waals surface area contributed by atoms with Gasteiger partial charge in [-0.3, -0.25) is 14.6 Å². The predicted molar refractivity (Wildman–Crippen MR) is 111 cm³/mol. The number of carbonyl (C=O) groups is 1. The largest absolute Gasteiger partial charge is 0.340 e. The third kappa shape index (κ3) is 6.01. The molecule has 2 aromatic carbocycles. The van der Waals surface area contributed by atoms with Crippen LogP contribution in [0.3, 0.4) is 0 Å². The summed E-state index contributed by atoms with van der Waals surface area (Å²) >= 11 is 0. The summed E-state index contributed by atoms with van der Waals surface area (Å²) in [4.78, 5) is 18.6. The molecule has 3 rings (SSSR count). The Morgan fingerprint density at radius 3 is 2.36 bits per heavy atom. The molecule has 0 unspecified atom stereocenters. The maximum Gasteiger partial charge on any atom is 0.236 e. The molecule has 0 saturated carbocycles. The van der Waals surface area contributed by atoms with Gasteiger partial charge in [0.05, 0.1) is 6.54 Å². The van der Waals surface area contributed by atoms with E-state index in [1.807, 2.05) is 18.2 Å². The van der Waals surface area contributed by atoms with Crippen molar-refractivity contribution in [1.29, 1.82) is 0 Å². The molecule has 0 bridgehead atoms. The molecule has 0 spiro atoms. The van der Waals surface area contributed by atoms with Crippen molar-refractivity contribution in [2.75, 3.05) is 46.3 Å². The minimum Gasteiger partial charge on any atom is -0.340 e. The van der Waals surface area contributed by atoms with Gasteiger partial charge in [0.15, 0.2) is 0 Å². The van der Waals surface area contributed by atoms with Crippen molar-refractivity contribution in [3.8, 4) is 0 Å². The summed E-state index contributed by atoms with van der Waals surface area (Å²) in [6, 6.07) is 16.9. The van der Waals surface area contributed by atoms with E-state index in [1.165, 1.54) is 11.6 Å². The number of rotatable bonds is 7. The zero-order chi connectivity index (χ0) is 19.8. The Bertz CT molecular complexity index is 785. The average molecular weight is 381 g/mol. The fourth-order valence-corrected chi connectivity index (χ4v) is 3.31. The van der Waals surface area contributed by atoms with Gasteiger partial charge in [0.1, 0.15) is 5.82 Å². The van der Waals surface area contributed by atoms with Crippen LogP contribution in [0.5, 0.6) is 0 Å². The van der Waals surface area contributed by atoms with Gasteiger partial charge >= 0.3 is 0 Å². The molecule has 1 saturated heterocycles. The molecule has 4 nitrogen and oxygen atoms in total. The maximum atomic E-state index is 13.8. The van der Waals surface area contributed by atoms with Gasteiger partial charge in [0.25, 0.3) is 0 Å². The van der Waals surface area contributed by atoms with E-state index in [-0.39, 0.29) is 11.7 Å². The van der Waals surface area contributed by atoms with Crippen molar-refractivity contribution in [2.24, 2.45) is 0 Å². The molecule has 28 heavy (non-hydrogen) atoms. The third-order valence-electron chi connectivity index (χ3n) is 5.09. The normalized spacial score (nSPS) is 15.8. The van der Waals surface area contributed by atoms with Crippen LogP contribution in [0.1, 0.15) is 11.1 Å². The third-order valence-corrected chi connectivity index (χ3v) is 5.09. The molecule has 0 N–H and O–H groups in total. The van der Waals surface area contributed by atoms with Crippen molar-refractivity contribution in [3.63, 3.8) is 0 Å². The lowest BCUT2D eigenvalue weighted by Crippen LogP contribution is -2.49. The minimum atomic E-state index is -0.265. The van der Waals surface area contributed by atoms with Crippen LogP contribution in [0.2, 0.25) is 0 Å². The van der Waals surface area contributed by atoms with Crippen LogP contribution in [0.15, 0.2) is 60.7 Å². The van der Waals surface area contributed by atoms with E-state index in [4.69, 9.17) is 0 Å². The number of nitrogens with zero attached hydrogens (tertiary/aromatic N) is 3. The van der Waals surface area contributed by atoms with Crippen molar-refractivity contribution in [1.82, 2.24) is 14.7 Å². The molecular formula is C23H28FN3O. The van der Waals surface area contributed by atoms with Gasteiger partial charge in [-0.25, -0.2) is 4.39 Å². The van der Waals surface area contributed by atoms with E-state index in [9.17, 15) is 9.18 Å². The van der Waals surface area contributed by atoms with Crippen molar-refractivity contribution in [3.05, 3.63) is 77.6 Å². The molecule has 1 fully saturated rings. The summed E-state index contributed by atoms with van der Waals surface area (Å²) in [5, 5.41) is 0. The summed E-state index contributed by atoms with van der Waals surface area (Å²) in [7, 11) is 1.74. The number of piperazine rings is 1. The van der Waals surface area contributed by atoms with Crippen LogP contribution in [0.25, 0.3) is 6.08 Å². The molecule has 0 aromatic heterocycles. The van der Waals surface area contributed by atoms with Crippen LogP contribution in [0.4, 0.5) is 4.39 Å². The molecule has 0 aliphatic carbocycles.